The van der Waals surface area contributed by atoms with Crippen LogP contribution in [0.1, 0.15) is 36.0 Å². The lowest BCUT2D eigenvalue weighted by Crippen LogP contribution is -2.38. The molecule has 1 unspecified atom stereocenters. The van der Waals surface area contributed by atoms with Crippen LogP contribution in [0.15, 0.2) is 12.1 Å². The van der Waals surface area contributed by atoms with Crippen LogP contribution >= 0.6 is 0 Å². The molecule has 2 rings (SSSR count). The number of hydrogen-bond donors (Lipinski definition) is 2. The molecule has 122 valence electrons. The topological polar surface area (TPSA) is 50.4 Å². The van der Waals surface area contributed by atoms with E-state index in [-0.39, 0.29) is 5.91 Å². The van der Waals surface area contributed by atoms with Crippen LogP contribution in [-0.4, -0.2) is 32.1 Å². The van der Waals surface area contributed by atoms with Gasteiger partial charge in [-0.2, -0.15) is 0 Å². The second-order valence-corrected chi connectivity index (χ2v) is 6.32. The van der Waals surface area contributed by atoms with Crippen LogP contribution in [0.2, 0.25) is 0 Å². The lowest BCUT2D eigenvalue weighted by Gasteiger charge is -2.22. The van der Waals surface area contributed by atoms with Gasteiger partial charge in [0, 0.05) is 6.54 Å². The van der Waals surface area contributed by atoms with E-state index in [0.29, 0.717) is 18.9 Å². The molecule has 0 saturated carbocycles. The maximum absolute atomic E-state index is 11.9. The predicted octanol–water partition coefficient (Wildman–Crippen LogP) is 2.50. The lowest BCUT2D eigenvalue weighted by molar-refractivity contribution is -0.121. The van der Waals surface area contributed by atoms with E-state index >= 15 is 0 Å². The number of carbonyl (C=O) groups excluding carboxylic acids is 1. The zero-order valence-electron chi connectivity index (χ0n) is 14.0. The van der Waals surface area contributed by atoms with Gasteiger partial charge in [-0.1, -0.05) is 6.07 Å². The Bertz CT molecular complexity index is 508. The van der Waals surface area contributed by atoms with E-state index in [2.05, 4.69) is 37.5 Å². The Kier molecular flexibility index (Phi) is 6.25. The molecule has 1 heterocycles. The number of hydrogen-bond acceptors (Lipinski definition) is 3. The third kappa shape index (κ3) is 5.02. The Hall–Kier alpha value is -1.55. The summed E-state index contributed by atoms with van der Waals surface area (Å²) in [5, 5.41) is 6.38. The van der Waals surface area contributed by atoms with E-state index in [4.69, 9.17) is 4.74 Å². The van der Waals surface area contributed by atoms with Crippen LogP contribution in [0.3, 0.4) is 0 Å². The fourth-order valence-corrected chi connectivity index (χ4v) is 2.85. The molecule has 22 heavy (non-hydrogen) atoms. The molecular weight excluding hydrogens is 276 g/mol. The number of aryl methyl sites for hydroxylation is 2. The van der Waals surface area contributed by atoms with E-state index in [1.807, 2.05) is 6.07 Å². The van der Waals surface area contributed by atoms with Crippen molar-refractivity contribution >= 4 is 5.91 Å². The highest BCUT2D eigenvalue weighted by atomic mass is 16.5. The third-order valence-corrected chi connectivity index (χ3v) is 4.34. The highest BCUT2D eigenvalue weighted by molar-refractivity contribution is 5.76. The first-order valence-electron chi connectivity index (χ1n) is 8.24. The molecule has 1 aromatic carbocycles. The zero-order chi connectivity index (χ0) is 15.9. The highest BCUT2D eigenvalue weighted by Crippen LogP contribution is 2.23. The Morgan fingerprint density at radius 3 is 2.91 bits per heavy atom. The lowest BCUT2D eigenvalue weighted by atomic mass is 10.00. The number of benzene rings is 1. The van der Waals surface area contributed by atoms with Crippen molar-refractivity contribution < 1.29 is 9.53 Å². The van der Waals surface area contributed by atoms with Gasteiger partial charge in [-0.05, 0) is 75.4 Å². The Morgan fingerprint density at radius 1 is 1.36 bits per heavy atom. The number of carbonyl (C=O) groups is 1. The van der Waals surface area contributed by atoms with Crippen molar-refractivity contribution in [1.29, 1.82) is 0 Å². The third-order valence-electron chi connectivity index (χ3n) is 4.34. The van der Waals surface area contributed by atoms with Crippen molar-refractivity contribution in [3.05, 3.63) is 28.8 Å². The second kappa shape index (κ2) is 8.18. The summed E-state index contributed by atoms with van der Waals surface area (Å²) in [6.07, 6.45) is 2.81. The molecule has 0 radical (unpaired) electrons. The van der Waals surface area contributed by atoms with Crippen molar-refractivity contribution in [1.82, 2.24) is 10.6 Å². The van der Waals surface area contributed by atoms with Crippen molar-refractivity contribution in [3.63, 3.8) is 0 Å². The van der Waals surface area contributed by atoms with Gasteiger partial charge in [0.2, 0.25) is 5.91 Å². The molecule has 0 bridgehead atoms. The molecule has 1 aliphatic rings. The number of rotatable bonds is 6. The molecule has 0 aliphatic carbocycles. The highest BCUT2D eigenvalue weighted by Gasteiger charge is 2.13. The van der Waals surface area contributed by atoms with Crippen LogP contribution in [0.25, 0.3) is 0 Å². The van der Waals surface area contributed by atoms with Gasteiger partial charge in [0.25, 0.3) is 0 Å². The summed E-state index contributed by atoms with van der Waals surface area (Å²) in [5.41, 5.74) is 3.57. The molecule has 0 aromatic heterocycles. The minimum atomic E-state index is 0.0765. The van der Waals surface area contributed by atoms with Crippen LogP contribution in [-0.2, 0) is 4.79 Å². The molecule has 1 aliphatic heterocycles. The number of amides is 1. The molecule has 1 fully saturated rings. The van der Waals surface area contributed by atoms with Crippen LogP contribution < -0.4 is 15.4 Å². The molecule has 4 nitrogen and oxygen atoms in total. The zero-order valence-corrected chi connectivity index (χ0v) is 14.0. The van der Waals surface area contributed by atoms with Crippen molar-refractivity contribution in [2.24, 2.45) is 5.92 Å². The molecule has 2 N–H and O–H groups in total. The SMILES string of the molecule is Cc1cc(C)c(C)c(OCCC(=O)NCC2CCCNC2)c1. The molecule has 0 spiro atoms. The molecule has 1 saturated heterocycles. The fourth-order valence-electron chi connectivity index (χ4n) is 2.85. The van der Waals surface area contributed by atoms with Gasteiger partial charge in [-0.15, -0.1) is 0 Å². The Morgan fingerprint density at radius 2 is 2.18 bits per heavy atom. The molecular formula is C18H28N2O2. The maximum Gasteiger partial charge on any atom is 0.223 e. The summed E-state index contributed by atoms with van der Waals surface area (Å²) < 4.78 is 5.79. The molecule has 4 heteroatoms. The number of piperidine rings is 1. The van der Waals surface area contributed by atoms with Gasteiger partial charge in [0.05, 0.1) is 13.0 Å². The number of nitrogens with one attached hydrogen (secondary N) is 2. The minimum Gasteiger partial charge on any atom is -0.493 e. The van der Waals surface area contributed by atoms with Gasteiger partial charge in [-0.25, -0.2) is 0 Å². The van der Waals surface area contributed by atoms with Crippen LogP contribution in [0.5, 0.6) is 5.75 Å². The largest absolute Gasteiger partial charge is 0.493 e. The molecule has 1 amide bonds. The van der Waals surface area contributed by atoms with E-state index in [0.717, 1.165) is 30.9 Å². The first-order valence-corrected chi connectivity index (χ1v) is 8.24. The van der Waals surface area contributed by atoms with Gasteiger partial charge in [0.1, 0.15) is 5.75 Å². The fraction of sp³-hybridized carbons (Fsp3) is 0.611. The quantitative estimate of drug-likeness (QED) is 0.849. The summed E-state index contributed by atoms with van der Waals surface area (Å²) in [6.45, 7) is 9.52. The van der Waals surface area contributed by atoms with Crippen molar-refractivity contribution in [2.75, 3.05) is 26.2 Å². The molecule has 1 aromatic rings. The van der Waals surface area contributed by atoms with E-state index in [9.17, 15) is 4.79 Å². The first-order chi connectivity index (χ1) is 10.6. The van der Waals surface area contributed by atoms with Gasteiger partial charge < -0.3 is 15.4 Å². The van der Waals surface area contributed by atoms with Crippen molar-refractivity contribution in [2.45, 2.75) is 40.0 Å². The summed E-state index contributed by atoms with van der Waals surface area (Å²) in [7, 11) is 0. The average molecular weight is 304 g/mol. The van der Waals surface area contributed by atoms with Crippen LogP contribution in [0, 0.1) is 26.7 Å². The van der Waals surface area contributed by atoms with Gasteiger partial charge >= 0.3 is 0 Å². The Balaban J connectivity index is 1.70. The van der Waals surface area contributed by atoms with Crippen molar-refractivity contribution in [3.8, 4) is 5.75 Å². The van der Waals surface area contributed by atoms with E-state index in [1.165, 1.54) is 24.0 Å². The van der Waals surface area contributed by atoms with Gasteiger partial charge in [0.15, 0.2) is 0 Å². The normalized spacial score (nSPS) is 18.0. The Labute approximate surface area is 133 Å². The summed E-state index contributed by atoms with van der Waals surface area (Å²) >= 11 is 0. The maximum atomic E-state index is 11.9. The monoisotopic (exact) mass is 304 g/mol. The standard InChI is InChI=1S/C18H28N2O2/c1-13-9-14(2)15(3)17(10-13)22-8-6-18(21)20-12-16-5-4-7-19-11-16/h9-10,16,19H,4-8,11-12H2,1-3H3,(H,20,21). The summed E-state index contributed by atoms with van der Waals surface area (Å²) in [4.78, 5) is 11.9. The minimum absolute atomic E-state index is 0.0765. The summed E-state index contributed by atoms with van der Waals surface area (Å²) in [6, 6.07) is 4.18. The predicted molar refractivity (Wildman–Crippen MR) is 89.4 cm³/mol. The number of ether oxygens (including phenoxy) is 1. The average Bonchev–Trinajstić information content (AvgIpc) is 2.51. The molecule has 1 atom stereocenters. The van der Waals surface area contributed by atoms with Crippen LogP contribution in [0.4, 0.5) is 0 Å². The van der Waals surface area contributed by atoms with E-state index in [1.54, 1.807) is 0 Å². The smallest absolute Gasteiger partial charge is 0.223 e. The second-order valence-electron chi connectivity index (χ2n) is 6.32. The van der Waals surface area contributed by atoms with Gasteiger partial charge in [-0.3, -0.25) is 4.79 Å². The summed E-state index contributed by atoms with van der Waals surface area (Å²) in [5.74, 6) is 1.54. The van der Waals surface area contributed by atoms with E-state index < -0.39 is 0 Å². The first kappa shape index (κ1) is 16.8.